The van der Waals surface area contributed by atoms with Crippen LogP contribution in [-0.2, 0) is 0 Å². The highest BCUT2D eigenvalue weighted by molar-refractivity contribution is 6.98. The average molecular weight is 327 g/mol. The summed E-state index contributed by atoms with van der Waals surface area (Å²) in [6, 6.07) is 21.7. The van der Waals surface area contributed by atoms with Gasteiger partial charge in [0, 0.05) is 11.1 Å². The summed E-state index contributed by atoms with van der Waals surface area (Å²) in [5.74, 6) is 0. The fourth-order valence-corrected chi connectivity index (χ4v) is 7.60. The Morgan fingerprint density at radius 2 is 0.870 bits per heavy atom. The number of hydrogen-bond acceptors (Lipinski definition) is 2. The topological polar surface area (TPSA) is 24.1 Å². The molecular weight excluding hydrogens is 296 g/mol. The molecule has 0 aliphatic rings. The van der Waals surface area contributed by atoms with Crippen molar-refractivity contribution in [2.75, 3.05) is 0 Å². The van der Waals surface area contributed by atoms with Gasteiger partial charge < -0.3 is 9.96 Å². The Kier molecular flexibility index (Phi) is 5.14. The minimum atomic E-state index is -2.32. The third-order valence-electron chi connectivity index (χ3n) is 3.54. The maximum absolute atomic E-state index is 3.99. The Balaban J connectivity index is 2.68. The summed E-state index contributed by atoms with van der Waals surface area (Å²) < 4.78 is 0. The van der Waals surface area contributed by atoms with Gasteiger partial charge >= 0.3 is 0 Å². The number of benzene rings is 2. The van der Waals surface area contributed by atoms with Gasteiger partial charge in [0.1, 0.15) is 0 Å². The summed E-state index contributed by atoms with van der Waals surface area (Å²) in [7, 11) is -2.32. The van der Waals surface area contributed by atoms with Crippen molar-refractivity contribution in [2.45, 2.75) is 52.6 Å². The summed E-state index contributed by atoms with van der Waals surface area (Å²) >= 11 is 0. The zero-order valence-corrected chi connectivity index (χ0v) is 16.3. The normalized spacial score (nSPS) is 13.1. The summed E-state index contributed by atoms with van der Waals surface area (Å²) in [4.78, 5) is 7.97. The van der Waals surface area contributed by atoms with E-state index in [0.717, 1.165) is 0 Å². The predicted octanol–water partition coefficient (Wildman–Crippen LogP) is 3.02. The fourth-order valence-electron chi connectivity index (χ4n) is 2.99. The molecule has 0 radical (unpaired) electrons. The van der Waals surface area contributed by atoms with Crippen molar-refractivity contribution in [1.29, 1.82) is 0 Å². The van der Waals surface area contributed by atoms with E-state index >= 15 is 0 Å². The van der Waals surface area contributed by atoms with E-state index in [1.54, 1.807) is 0 Å². The van der Waals surface area contributed by atoms with E-state index in [9.17, 15) is 0 Å². The smallest absolute Gasteiger partial charge is 0.268 e. The molecule has 23 heavy (non-hydrogen) atoms. The molecule has 3 heteroatoms. The highest BCUT2D eigenvalue weighted by atomic mass is 28.3. The molecular formula is C20H30N2Si. The molecule has 0 aliphatic carbocycles. The van der Waals surface area contributed by atoms with Gasteiger partial charge in [0.25, 0.3) is 8.40 Å². The summed E-state index contributed by atoms with van der Waals surface area (Å²) in [6.07, 6.45) is 0. The first-order chi connectivity index (χ1) is 10.6. The summed E-state index contributed by atoms with van der Waals surface area (Å²) in [6.45, 7) is 13.4. The van der Waals surface area contributed by atoms with Crippen LogP contribution in [0.25, 0.3) is 0 Å². The van der Waals surface area contributed by atoms with Crippen LogP contribution in [0.4, 0.5) is 0 Å². The lowest BCUT2D eigenvalue weighted by Gasteiger charge is -2.44. The van der Waals surface area contributed by atoms with Crippen LogP contribution in [0.3, 0.4) is 0 Å². The fraction of sp³-hybridized carbons (Fsp3) is 0.400. The minimum absolute atomic E-state index is 0.0101. The van der Waals surface area contributed by atoms with E-state index in [1.165, 1.54) is 10.4 Å². The first-order valence-corrected chi connectivity index (χ1v) is 10.3. The van der Waals surface area contributed by atoms with Gasteiger partial charge in [-0.1, -0.05) is 60.7 Å². The lowest BCUT2D eigenvalue weighted by Crippen LogP contribution is -2.83. The van der Waals surface area contributed by atoms with Crippen molar-refractivity contribution in [2.24, 2.45) is 0 Å². The van der Waals surface area contributed by atoms with E-state index in [2.05, 4.69) is 112 Å². The Morgan fingerprint density at radius 3 is 1.13 bits per heavy atom. The molecule has 0 saturated carbocycles. The highest BCUT2D eigenvalue weighted by Gasteiger charge is 2.43. The molecule has 0 amide bonds. The van der Waals surface area contributed by atoms with Crippen molar-refractivity contribution in [3.63, 3.8) is 0 Å². The van der Waals surface area contributed by atoms with Crippen molar-refractivity contribution in [3.05, 3.63) is 60.7 Å². The molecule has 0 aliphatic heterocycles. The Hall–Kier alpha value is -1.42. The van der Waals surface area contributed by atoms with Gasteiger partial charge in [-0.25, -0.2) is 0 Å². The lowest BCUT2D eigenvalue weighted by molar-refractivity contribution is 0.472. The van der Waals surface area contributed by atoms with E-state index in [-0.39, 0.29) is 11.1 Å². The summed E-state index contributed by atoms with van der Waals surface area (Å²) in [5, 5.41) is 2.71. The molecule has 0 heterocycles. The molecule has 0 bridgehead atoms. The van der Waals surface area contributed by atoms with Crippen LogP contribution in [0, 0.1) is 0 Å². The molecule has 0 fully saturated rings. The van der Waals surface area contributed by atoms with Crippen molar-refractivity contribution in [3.8, 4) is 0 Å². The molecule has 0 aromatic heterocycles. The number of rotatable bonds is 4. The molecule has 0 spiro atoms. The maximum atomic E-state index is 3.99. The van der Waals surface area contributed by atoms with E-state index in [0.29, 0.717) is 0 Å². The van der Waals surface area contributed by atoms with Crippen LogP contribution in [0.15, 0.2) is 60.7 Å². The van der Waals surface area contributed by atoms with Crippen LogP contribution in [0.1, 0.15) is 41.5 Å². The molecule has 2 rings (SSSR count). The van der Waals surface area contributed by atoms with Crippen molar-refractivity contribution in [1.82, 2.24) is 9.96 Å². The third kappa shape index (κ3) is 4.77. The zero-order chi connectivity index (χ0) is 17.1. The van der Waals surface area contributed by atoms with Crippen molar-refractivity contribution >= 4 is 18.8 Å². The largest absolute Gasteiger partial charge is 0.314 e. The van der Waals surface area contributed by atoms with Gasteiger partial charge in [-0.2, -0.15) is 0 Å². The van der Waals surface area contributed by atoms with Crippen LogP contribution < -0.4 is 20.3 Å². The Bertz CT molecular complexity index is 552. The molecule has 0 saturated heterocycles. The van der Waals surface area contributed by atoms with Gasteiger partial charge in [0.15, 0.2) is 0 Å². The van der Waals surface area contributed by atoms with Gasteiger partial charge in [-0.05, 0) is 51.9 Å². The molecule has 2 aromatic rings. The second-order valence-electron chi connectivity index (χ2n) is 8.23. The van der Waals surface area contributed by atoms with Crippen LogP contribution in [0.2, 0.25) is 0 Å². The zero-order valence-electron chi connectivity index (χ0n) is 15.3. The highest BCUT2D eigenvalue weighted by Crippen LogP contribution is 2.12. The molecule has 2 nitrogen and oxygen atoms in total. The average Bonchev–Trinajstić information content (AvgIpc) is 2.45. The van der Waals surface area contributed by atoms with Crippen LogP contribution in [-0.4, -0.2) is 19.5 Å². The Morgan fingerprint density at radius 1 is 0.565 bits per heavy atom. The van der Waals surface area contributed by atoms with Gasteiger partial charge in [0.2, 0.25) is 0 Å². The van der Waals surface area contributed by atoms with E-state index in [1.807, 2.05) is 0 Å². The van der Waals surface area contributed by atoms with Crippen LogP contribution >= 0.6 is 0 Å². The van der Waals surface area contributed by atoms with Gasteiger partial charge in [-0.3, -0.25) is 0 Å². The third-order valence-corrected chi connectivity index (χ3v) is 8.19. The minimum Gasteiger partial charge on any atom is -0.314 e. The molecule has 2 aromatic carbocycles. The lowest BCUT2D eigenvalue weighted by atomic mass is 10.1. The van der Waals surface area contributed by atoms with E-state index < -0.39 is 8.40 Å². The molecule has 2 N–H and O–H groups in total. The SMILES string of the molecule is CC(C)(C)N[Si](NC(C)(C)C)(c1ccccc1)c1ccccc1. The first-order valence-electron chi connectivity index (χ1n) is 8.32. The number of nitrogens with one attached hydrogen (secondary N) is 2. The molecule has 124 valence electrons. The molecule has 0 unspecified atom stereocenters. The second kappa shape index (κ2) is 6.60. The van der Waals surface area contributed by atoms with Crippen LogP contribution in [0.5, 0.6) is 0 Å². The second-order valence-corrected chi connectivity index (χ2v) is 11.4. The maximum Gasteiger partial charge on any atom is 0.268 e. The Labute approximate surface area is 142 Å². The van der Waals surface area contributed by atoms with Crippen molar-refractivity contribution < 1.29 is 0 Å². The quantitative estimate of drug-likeness (QED) is 0.844. The first kappa shape index (κ1) is 17.9. The molecule has 0 atom stereocenters. The predicted molar refractivity (Wildman–Crippen MR) is 104 cm³/mol. The van der Waals surface area contributed by atoms with E-state index in [4.69, 9.17) is 0 Å². The summed E-state index contributed by atoms with van der Waals surface area (Å²) in [5.41, 5.74) is 0.0201. The monoisotopic (exact) mass is 326 g/mol. The standard InChI is InChI=1S/C20H30N2Si/c1-19(2,3)21-23(22-20(4,5)6,17-13-9-7-10-14-17)18-15-11-8-12-16-18/h7-16,21-22H,1-6H3. The number of hydrogen-bond donors (Lipinski definition) is 2. The van der Waals surface area contributed by atoms with Gasteiger partial charge in [-0.15, -0.1) is 0 Å². The van der Waals surface area contributed by atoms with Gasteiger partial charge in [0.05, 0.1) is 0 Å².